The quantitative estimate of drug-likeness (QED) is 0.805. The number of hydrogen-bond donors (Lipinski definition) is 1. The molecule has 0 bridgehead atoms. The molecular formula is C15H20Cl2O. The lowest BCUT2D eigenvalue weighted by Gasteiger charge is -2.31. The van der Waals surface area contributed by atoms with E-state index in [-0.39, 0.29) is 0 Å². The molecule has 1 fully saturated rings. The Balaban J connectivity index is 2.10. The molecule has 1 nitrogen and oxygen atoms in total. The van der Waals surface area contributed by atoms with E-state index in [1.807, 2.05) is 6.07 Å². The molecule has 0 aromatic heterocycles. The molecule has 0 spiro atoms. The van der Waals surface area contributed by atoms with Gasteiger partial charge in [-0.3, -0.25) is 0 Å². The number of aliphatic hydroxyl groups is 1. The topological polar surface area (TPSA) is 20.2 Å². The first-order valence-electron chi connectivity index (χ1n) is 6.75. The third kappa shape index (κ3) is 3.01. The predicted octanol–water partition coefficient (Wildman–Crippen LogP) is 5.24. The van der Waals surface area contributed by atoms with Crippen LogP contribution in [0, 0.1) is 11.8 Å². The Morgan fingerprint density at radius 1 is 1.17 bits per heavy atom. The molecule has 0 heterocycles. The van der Waals surface area contributed by atoms with Gasteiger partial charge in [-0.05, 0) is 36.8 Å². The molecule has 0 amide bonds. The summed E-state index contributed by atoms with van der Waals surface area (Å²) >= 11 is 12.3. The van der Waals surface area contributed by atoms with Crippen LogP contribution in [0.3, 0.4) is 0 Å². The van der Waals surface area contributed by atoms with E-state index in [0.717, 1.165) is 18.8 Å². The highest BCUT2D eigenvalue weighted by atomic mass is 35.5. The summed E-state index contributed by atoms with van der Waals surface area (Å²) in [4.78, 5) is 0. The van der Waals surface area contributed by atoms with Crippen molar-refractivity contribution in [2.24, 2.45) is 11.8 Å². The van der Waals surface area contributed by atoms with Crippen molar-refractivity contribution >= 4 is 23.2 Å². The van der Waals surface area contributed by atoms with Gasteiger partial charge in [-0.25, -0.2) is 0 Å². The zero-order valence-electron chi connectivity index (χ0n) is 10.7. The first-order chi connectivity index (χ1) is 8.63. The fourth-order valence-corrected chi connectivity index (χ4v) is 3.56. The van der Waals surface area contributed by atoms with Gasteiger partial charge in [0.25, 0.3) is 0 Å². The summed E-state index contributed by atoms with van der Waals surface area (Å²) < 4.78 is 0. The largest absolute Gasteiger partial charge is 0.388 e. The van der Waals surface area contributed by atoms with Crippen LogP contribution in [0.15, 0.2) is 18.2 Å². The van der Waals surface area contributed by atoms with Crippen LogP contribution >= 0.6 is 23.2 Å². The molecule has 1 aromatic carbocycles. The van der Waals surface area contributed by atoms with E-state index in [1.165, 1.54) is 19.3 Å². The van der Waals surface area contributed by atoms with Gasteiger partial charge in [-0.1, -0.05) is 55.5 Å². The second kappa shape index (κ2) is 6.27. The number of benzene rings is 1. The molecule has 1 atom stereocenters. The third-order valence-electron chi connectivity index (χ3n) is 4.21. The van der Waals surface area contributed by atoms with Crippen molar-refractivity contribution < 1.29 is 5.11 Å². The Kier molecular flexibility index (Phi) is 4.94. The zero-order chi connectivity index (χ0) is 13.1. The fourth-order valence-electron chi connectivity index (χ4n) is 2.94. The lowest BCUT2D eigenvalue weighted by molar-refractivity contribution is 0.0731. The van der Waals surface area contributed by atoms with Crippen LogP contribution in [-0.4, -0.2) is 5.11 Å². The Morgan fingerprint density at radius 3 is 2.22 bits per heavy atom. The minimum atomic E-state index is -0.524. The van der Waals surface area contributed by atoms with E-state index in [2.05, 4.69) is 6.92 Å². The van der Waals surface area contributed by atoms with Gasteiger partial charge < -0.3 is 5.11 Å². The highest BCUT2D eigenvalue weighted by molar-refractivity contribution is 6.36. The summed E-state index contributed by atoms with van der Waals surface area (Å²) in [5.74, 6) is 1.13. The van der Waals surface area contributed by atoms with Crippen LogP contribution in [0.25, 0.3) is 0 Å². The van der Waals surface area contributed by atoms with Crippen LogP contribution in [0.2, 0.25) is 10.0 Å². The van der Waals surface area contributed by atoms with Gasteiger partial charge in [0.05, 0.1) is 6.10 Å². The molecule has 0 saturated heterocycles. The second-order valence-corrected chi connectivity index (χ2v) is 6.08. The standard InChI is InChI=1S/C15H20Cl2O/c1-2-10-6-8-11(9-7-10)15(18)14-12(16)4-3-5-13(14)17/h3-5,10-11,15,18H,2,6-9H2,1H3. The Morgan fingerprint density at radius 2 is 1.72 bits per heavy atom. The maximum atomic E-state index is 10.5. The molecule has 2 rings (SSSR count). The Hall–Kier alpha value is -0.240. The lowest BCUT2D eigenvalue weighted by atomic mass is 9.77. The highest BCUT2D eigenvalue weighted by Crippen LogP contribution is 2.41. The summed E-state index contributed by atoms with van der Waals surface area (Å²) in [6.07, 6.45) is 5.28. The summed E-state index contributed by atoms with van der Waals surface area (Å²) in [5, 5.41) is 11.7. The van der Waals surface area contributed by atoms with Gasteiger partial charge >= 0.3 is 0 Å². The van der Waals surface area contributed by atoms with Crippen LogP contribution in [0.5, 0.6) is 0 Å². The summed E-state index contributed by atoms with van der Waals surface area (Å²) in [6.45, 7) is 2.24. The molecule has 1 aliphatic rings. The SMILES string of the molecule is CCC1CCC(C(O)c2c(Cl)cccc2Cl)CC1. The normalized spacial score (nSPS) is 26.0. The molecule has 0 aliphatic heterocycles. The van der Waals surface area contributed by atoms with E-state index >= 15 is 0 Å². The third-order valence-corrected chi connectivity index (χ3v) is 4.87. The molecule has 100 valence electrons. The molecule has 3 heteroatoms. The monoisotopic (exact) mass is 286 g/mol. The first kappa shape index (κ1) is 14.2. The summed E-state index contributed by atoms with van der Waals surface area (Å²) in [7, 11) is 0. The van der Waals surface area contributed by atoms with Gasteiger partial charge in [0.1, 0.15) is 0 Å². The van der Waals surface area contributed by atoms with E-state index in [4.69, 9.17) is 23.2 Å². The molecule has 1 unspecified atom stereocenters. The van der Waals surface area contributed by atoms with Gasteiger partial charge in [0.15, 0.2) is 0 Å². The Bertz CT molecular complexity index is 377. The van der Waals surface area contributed by atoms with Gasteiger partial charge in [-0.2, -0.15) is 0 Å². The molecule has 1 aliphatic carbocycles. The highest BCUT2D eigenvalue weighted by Gasteiger charge is 2.28. The number of halogens is 2. The molecule has 18 heavy (non-hydrogen) atoms. The molecular weight excluding hydrogens is 267 g/mol. The zero-order valence-corrected chi connectivity index (χ0v) is 12.2. The molecule has 1 saturated carbocycles. The summed E-state index contributed by atoms with van der Waals surface area (Å²) in [5.41, 5.74) is 0.709. The first-order valence-corrected chi connectivity index (χ1v) is 7.51. The van der Waals surface area contributed by atoms with Crippen molar-refractivity contribution in [1.29, 1.82) is 0 Å². The average Bonchev–Trinajstić information content (AvgIpc) is 2.38. The van der Waals surface area contributed by atoms with Crippen molar-refractivity contribution in [3.63, 3.8) is 0 Å². The van der Waals surface area contributed by atoms with Crippen molar-refractivity contribution in [1.82, 2.24) is 0 Å². The Labute approximate surface area is 119 Å². The van der Waals surface area contributed by atoms with Crippen LogP contribution in [0.1, 0.15) is 50.7 Å². The average molecular weight is 287 g/mol. The predicted molar refractivity (Wildman–Crippen MR) is 77.2 cm³/mol. The summed E-state index contributed by atoms with van der Waals surface area (Å²) in [6, 6.07) is 5.40. The van der Waals surface area contributed by atoms with E-state index in [9.17, 15) is 5.11 Å². The van der Waals surface area contributed by atoms with Crippen molar-refractivity contribution in [3.8, 4) is 0 Å². The molecule has 1 aromatic rings. The van der Waals surface area contributed by atoms with E-state index in [1.54, 1.807) is 12.1 Å². The van der Waals surface area contributed by atoms with E-state index < -0.39 is 6.10 Å². The maximum Gasteiger partial charge on any atom is 0.0847 e. The number of rotatable bonds is 3. The van der Waals surface area contributed by atoms with Gasteiger partial charge in [-0.15, -0.1) is 0 Å². The van der Waals surface area contributed by atoms with Gasteiger partial charge in [0, 0.05) is 15.6 Å². The number of aliphatic hydroxyl groups excluding tert-OH is 1. The van der Waals surface area contributed by atoms with Crippen LogP contribution < -0.4 is 0 Å². The minimum absolute atomic E-state index is 0.296. The minimum Gasteiger partial charge on any atom is -0.388 e. The fraction of sp³-hybridized carbons (Fsp3) is 0.600. The molecule has 0 radical (unpaired) electrons. The second-order valence-electron chi connectivity index (χ2n) is 5.27. The van der Waals surface area contributed by atoms with Crippen molar-refractivity contribution in [2.45, 2.75) is 45.1 Å². The maximum absolute atomic E-state index is 10.5. The van der Waals surface area contributed by atoms with Crippen LogP contribution in [0.4, 0.5) is 0 Å². The van der Waals surface area contributed by atoms with Crippen LogP contribution in [-0.2, 0) is 0 Å². The number of hydrogen-bond acceptors (Lipinski definition) is 1. The smallest absolute Gasteiger partial charge is 0.0847 e. The van der Waals surface area contributed by atoms with Crippen molar-refractivity contribution in [2.75, 3.05) is 0 Å². The molecule has 1 N–H and O–H groups in total. The van der Waals surface area contributed by atoms with E-state index in [0.29, 0.717) is 21.5 Å². The van der Waals surface area contributed by atoms with Gasteiger partial charge in [0.2, 0.25) is 0 Å². The van der Waals surface area contributed by atoms with Crippen molar-refractivity contribution in [3.05, 3.63) is 33.8 Å². The lowest BCUT2D eigenvalue weighted by Crippen LogP contribution is -2.20.